The first-order valence-corrected chi connectivity index (χ1v) is 9.57. The smallest absolute Gasteiger partial charge is 0.350 e. The summed E-state index contributed by atoms with van der Waals surface area (Å²) in [6, 6.07) is 10.8. The number of hydrogen-bond donors (Lipinski definition) is 1. The largest absolute Gasteiger partial charge is 0.466 e. The topological polar surface area (TPSA) is 109 Å². The minimum absolute atomic E-state index is 0.136. The molecule has 2 rings (SSSR count). The lowest BCUT2D eigenvalue weighted by molar-refractivity contribution is -0.147. The maximum atomic E-state index is 12.2. The van der Waals surface area contributed by atoms with E-state index < -0.39 is 18.0 Å². The van der Waals surface area contributed by atoms with Crippen LogP contribution in [0.3, 0.4) is 0 Å². The quantitative estimate of drug-likeness (QED) is 0.289. The Morgan fingerprint density at radius 2 is 2.07 bits per heavy atom. The first kappa shape index (κ1) is 22.0. The molecule has 1 N–H and O–H groups in total. The molecule has 0 saturated carbocycles. The van der Waals surface area contributed by atoms with Crippen LogP contribution in [0.5, 0.6) is 0 Å². The molecule has 1 aliphatic rings. The predicted octanol–water partition coefficient (Wildman–Crippen LogP) is 1.32. The average Bonchev–Trinajstić information content (AvgIpc) is 2.72. The van der Waals surface area contributed by atoms with E-state index in [-0.39, 0.29) is 31.1 Å². The van der Waals surface area contributed by atoms with Crippen LogP contribution in [0.1, 0.15) is 25.3 Å². The minimum atomic E-state index is -0.844. The monoisotopic (exact) mass is 399 g/mol. The number of carbonyl (C=O) groups is 3. The standard InChI is InChI=1S/C21H25N3O5/c1-2-28-21(27)17(14-22)15-24-11-10-23-20(26)18(24)13-19(25)29-12-6-9-16-7-4-3-5-8-16/h3-5,7-8,15,18H,2,6,9-13H2,1H3,(H,23,26)/b17-15+. The number of aryl methyl sites for hydroxylation is 1. The molecule has 0 spiro atoms. The van der Waals surface area contributed by atoms with E-state index in [1.807, 2.05) is 30.3 Å². The van der Waals surface area contributed by atoms with Gasteiger partial charge < -0.3 is 19.7 Å². The van der Waals surface area contributed by atoms with E-state index in [1.54, 1.807) is 13.0 Å². The lowest BCUT2D eigenvalue weighted by Gasteiger charge is -2.33. The molecule has 1 unspecified atom stereocenters. The van der Waals surface area contributed by atoms with Gasteiger partial charge >= 0.3 is 11.9 Å². The van der Waals surface area contributed by atoms with Crippen molar-refractivity contribution in [3.63, 3.8) is 0 Å². The van der Waals surface area contributed by atoms with Crippen LogP contribution < -0.4 is 5.32 Å². The molecule has 1 aliphatic heterocycles. The Hall–Kier alpha value is -3.34. The minimum Gasteiger partial charge on any atom is -0.466 e. The lowest BCUT2D eigenvalue weighted by Crippen LogP contribution is -2.54. The highest BCUT2D eigenvalue weighted by atomic mass is 16.5. The van der Waals surface area contributed by atoms with Gasteiger partial charge in [-0.05, 0) is 25.3 Å². The number of nitrogens with one attached hydrogen (secondary N) is 1. The number of piperazine rings is 1. The second-order valence-electron chi connectivity index (χ2n) is 6.43. The number of esters is 2. The Kier molecular flexibility index (Phi) is 8.70. The number of carbonyl (C=O) groups excluding carboxylic acids is 3. The van der Waals surface area contributed by atoms with Crippen LogP contribution in [-0.4, -0.2) is 55.1 Å². The second-order valence-corrected chi connectivity index (χ2v) is 6.43. The highest BCUT2D eigenvalue weighted by Gasteiger charge is 2.31. The highest BCUT2D eigenvalue weighted by molar-refractivity contribution is 5.93. The molecular weight excluding hydrogens is 374 g/mol. The molecule has 1 fully saturated rings. The first-order valence-electron chi connectivity index (χ1n) is 9.57. The molecule has 1 heterocycles. The van der Waals surface area contributed by atoms with Crippen LogP contribution in [-0.2, 0) is 30.3 Å². The number of hydrogen-bond acceptors (Lipinski definition) is 7. The van der Waals surface area contributed by atoms with Crippen LogP contribution in [0.15, 0.2) is 42.1 Å². The Bertz CT molecular complexity index is 785. The summed E-state index contributed by atoms with van der Waals surface area (Å²) in [5, 5.41) is 11.9. The van der Waals surface area contributed by atoms with Gasteiger partial charge in [-0.2, -0.15) is 5.26 Å². The molecule has 0 aromatic heterocycles. The van der Waals surface area contributed by atoms with Crippen LogP contribution in [0, 0.1) is 11.3 Å². The van der Waals surface area contributed by atoms with Gasteiger partial charge in [-0.15, -0.1) is 0 Å². The Labute approximate surface area is 170 Å². The first-order chi connectivity index (χ1) is 14.0. The van der Waals surface area contributed by atoms with Crippen molar-refractivity contribution in [2.75, 3.05) is 26.3 Å². The van der Waals surface area contributed by atoms with Crippen LogP contribution >= 0.6 is 0 Å². The fourth-order valence-corrected chi connectivity index (χ4v) is 2.92. The molecule has 0 bridgehead atoms. The van der Waals surface area contributed by atoms with Gasteiger partial charge in [0.15, 0.2) is 5.57 Å². The zero-order chi connectivity index (χ0) is 21.1. The summed E-state index contributed by atoms with van der Waals surface area (Å²) in [4.78, 5) is 37.8. The van der Waals surface area contributed by atoms with Gasteiger partial charge in [0.2, 0.25) is 5.91 Å². The SMILES string of the molecule is CCOC(=O)/C(C#N)=C/N1CCNC(=O)C1CC(=O)OCCCc1ccccc1. The van der Waals surface area contributed by atoms with Crippen LogP contribution in [0.2, 0.25) is 0 Å². The van der Waals surface area contributed by atoms with E-state index in [0.717, 1.165) is 12.0 Å². The normalized spacial score (nSPS) is 16.6. The summed E-state index contributed by atoms with van der Waals surface area (Å²) in [7, 11) is 0. The summed E-state index contributed by atoms with van der Waals surface area (Å²) in [5.74, 6) is -1.62. The van der Waals surface area contributed by atoms with Gasteiger partial charge in [-0.1, -0.05) is 30.3 Å². The van der Waals surface area contributed by atoms with E-state index in [1.165, 1.54) is 11.1 Å². The lowest BCUT2D eigenvalue weighted by atomic mass is 10.1. The molecule has 1 amide bonds. The van der Waals surface area contributed by atoms with Crippen molar-refractivity contribution >= 4 is 17.8 Å². The number of nitriles is 1. The van der Waals surface area contributed by atoms with Crippen molar-refractivity contribution < 1.29 is 23.9 Å². The summed E-state index contributed by atoms with van der Waals surface area (Å²) in [5.41, 5.74) is 0.942. The van der Waals surface area contributed by atoms with Crippen molar-refractivity contribution in [1.82, 2.24) is 10.2 Å². The maximum absolute atomic E-state index is 12.2. The van der Waals surface area contributed by atoms with Crippen LogP contribution in [0.25, 0.3) is 0 Å². The zero-order valence-corrected chi connectivity index (χ0v) is 16.4. The maximum Gasteiger partial charge on any atom is 0.350 e. The number of amides is 1. The van der Waals surface area contributed by atoms with Gasteiger partial charge in [0, 0.05) is 19.3 Å². The number of benzene rings is 1. The van der Waals surface area contributed by atoms with E-state index in [9.17, 15) is 19.6 Å². The molecule has 1 saturated heterocycles. The third kappa shape index (κ3) is 6.96. The molecule has 1 aromatic carbocycles. The molecular formula is C21H25N3O5. The van der Waals surface area contributed by atoms with Gasteiger partial charge in [0.1, 0.15) is 12.1 Å². The molecule has 0 radical (unpaired) electrons. The molecule has 1 aromatic rings. The molecule has 1 atom stereocenters. The van der Waals surface area contributed by atoms with Gasteiger partial charge in [-0.3, -0.25) is 9.59 Å². The second kappa shape index (κ2) is 11.5. The van der Waals surface area contributed by atoms with Gasteiger partial charge in [-0.25, -0.2) is 4.79 Å². The summed E-state index contributed by atoms with van der Waals surface area (Å²) < 4.78 is 10.1. The predicted molar refractivity (Wildman–Crippen MR) is 104 cm³/mol. The van der Waals surface area contributed by atoms with E-state index in [0.29, 0.717) is 19.5 Å². The summed E-state index contributed by atoms with van der Waals surface area (Å²) in [6.45, 7) is 2.74. The Morgan fingerprint density at radius 1 is 1.31 bits per heavy atom. The third-order valence-electron chi connectivity index (χ3n) is 4.36. The molecule has 29 heavy (non-hydrogen) atoms. The zero-order valence-electron chi connectivity index (χ0n) is 16.4. The number of rotatable bonds is 9. The number of nitrogens with zero attached hydrogens (tertiary/aromatic N) is 2. The molecule has 8 heteroatoms. The highest BCUT2D eigenvalue weighted by Crippen LogP contribution is 2.13. The van der Waals surface area contributed by atoms with Crippen molar-refractivity contribution in [3.8, 4) is 6.07 Å². The van der Waals surface area contributed by atoms with E-state index >= 15 is 0 Å². The fraction of sp³-hybridized carbons (Fsp3) is 0.429. The summed E-state index contributed by atoms with van der Waals surface area (Å²) >= 11 is 0. The fourth-order valence-electron chi connectivity index (χ4n) is 2.92. The van der Waals surface area contributed by atoms with E-state index in [4.69, 9.17) is 9.47 Å². The Morgan fingerprint density at radius 3 is 2.76 bits per heavy atom. The Balaban J connectivity index is 1.91. The number of ether oxygens (including phenoxy) is 2. The molecule has 8 nitrogen and oxygen atoms in total. The van der Waals surface area contributed by atoms with Crippen molar-refractivity contribution in [2.24, 2.45) is 0 Å². The third-order valence-corrected chi connectivity index (χ3v) is 4.36. The molecule has 0 aliphatic carbocycles. The van der Waals surface area contributed by atoms with Crippen molar-refractivity contribution in [3.05, 3.63) is 47.7 Å². The van der Waals surface area contributed by atoms with Gasteiger partial charge in [0.25, 0.3) is 0 Å². The van der Waals surface area contributed by atoms with E-state index in [2.05, 4.69) is 5.32 Å². The molecule has 154 valence electrons. The van der Waals surface area contributed by atoms with Crippen molar-refractivity contribution in [1.29, 1.82) is 5.26 Å². The van der Waals surface area contributed by atoms with Gasteiger partial charge in [0.05, 0.1) is 19.6 Å². The average molecular weight is 399 g/mol. The van der Waals surface area contributed by atoms with Crippen molar-refractivity contribution in [2.45, 2.75) is 32.2 Å². The van der Waals surface area contributed by atoms with Crippen LogP contribution in [0.4, 0.5) is 0 Å². The summed E-state index contributed by atoms with van der Waals surface area (Å²) in [6.07, 6.45) is 2.58.